The van der Waals surface area contributed by atoms with E-state index in [0.717, 1.165) is 56.2 Å². The van der Waals surface area contributed by atoms with Crippen molar-refractivity contribution in [2.24, 2.45) is 17.3 Å². The van der Waals surface area contributed by atoms with Gasteiger partial charge in [0.25, 0.3) is 0 Å². The van der Waals surface area contributed by atoms with E-state index in [1.807, 2.05) is 20.0 Å². The number of hydrogen-bond donors (Lipinski definition) is 4. The van der Waals surface area contributed by atoms with Crippen molar-refractivity contribution < 1.29 is 30.0 Å². The van der Waals surface area contributed by atoms with Gasteiger partial charge in [0.2, 0.25) is 0 Å². The molecule has 2 atom stereocenters. The van der Waals surface area contributed by atoms with Crippen LogP contribution < -0.4 is 4.74 Å². The molecule has 46 heavy (non-hydrogen) atoms. The zero-order valence-electron chi connectivity index (χ0n) is 28.9. The molecule has 0 fully saturated rings. The summed E-state index contributed by atoms with van der Waals surface area (Å²) >= 11 is 0. The highest BCUT2D eigenvalue weighted by Gasteiger charge is 2.33. The average molecular weight is 640 g/mol. The van der Waals surface area contributed by atoms with Crippen LogP contribution in [0.4, 0.5) is 0 Å². The topological polar surface area (TPSA) is 138 Å². The number of hydrogen-bond acceptors (Lipinski definition) is 7. The molecule has 256 valence electrons. The van der Waals surface area contributed by atoms with E-state index in [2.05, 4.69) is 57.2 Å². The maximum absolute atomic E-state index is 12.4. The van der Waals surface area contributed by atoms with Gasteiger partial charge in [-0.25, -0.2) is 9.48 Å². The minimum atomic E-state index is -1.16. The lowest BCUT2D eigenvalue weighted by Gasteiger charge is -2.32. The number of aromatic hydroxyl groups is 1. The van der Waals surface area contributed by atoms with Crippen molar-refractivity contribution >= 4 is 5.97 Å². The molecule has 2 aromatic rings. The number of unbranched alkanes of at least 4 members (excludes halogenated alkanes) is 1. The molecule has 3 rings (SSSR count). The molecular weight excluding hydrogens is 582 g/mol. The number of allylic oxidation sites excluding steroid dienone is 4. The molecule has 2 unspecified atom stereocenters. The molecule has 4 N–H and O–H groups in total. The van der Waals surface area contributed by atoms with Gasteiger partial charge in [0.15, 0.2) is 0 Å². The summed E-state index contributed by atoms with van der Waals surface area (Å²) in [6, 6.07) is 1.75. The number of phenols is 1. The number of aromatic nitrogens is 3. The van der Waals surface area contributed by atoms with E-state index in [4.69, 9.17) is 9.84 Å². The van der Waals surface area contributed by atoms with Crippen LogP contribution in [-0.4, -0.2) is 61.2 Å². The zero-order valence-corrected chi connectivity index (χ0v) is 28.9. The van der Waals surface area contributed by atoms with Gasteiger partial charge in [-0.1, -0.05) is 69.2 Å². The molecule has 0 amide bonds. The summed E-state index contributed by atoms with van der Waals surface area (Å²) in [5, 5.41) is 47.7. The summed E-state index contributed by atoms with van der Waals surface area (Å²) in [4.78, 5) is 12.4. The highest BCUT2D eigenvalue weighted by atomic mass is 16.5. The first-order valence-electron chi connectivity index (χ1n) is 16.5. The second-order valence-corrected chi connectivity index (χ2v) is 13.8. The predicted octanol–water partition coefficient (Wildman–Crippen LogP) is 7.26. The summed E-state index contributed by atoms with van der Waals surface area (Å²) in [5.41, 5.74) is 4.03. The Kier molecular flexibility index (Phi) is 15.7. The van der Waals surface area contributed by atoms with Gasteiger partial charge in [-0.3, -0.25) is 0 Å². The van der Waals surface area contributed by atoms with Crippen molar-refractivity contribution in [2.75, 3.05) is 19.8 Å². The Balaban J connectivity index is 0.00000112. The standard InChI is InChI=1S/C32H45N3O5.C5H12O/c1-7-14-35-20-24(33-34-35)19-32(5,6)13-9-8-10-23-18-27(40-16-15-36)29(30(37)28(23)31(38)39)26-17-22(4)11-12-25(26)21(2)3;1-5(2)3-4-6/h7,17-18,20,25-26,36-37H,1-2,8-16,19H2,3-6H3,(H,38,39);5-6H,3-4H2,1-2H3. The van der Waals surface area contributed by atoms with Gasteiger partial charge in [0.1, 0.15) is 23.7 Å². The minimum absolute atomic E-state index is 0.00516. The maximum Gasteiger partial charge on any atom is 0.339 e. The van der Waals surface area contributed by atoms with Gasteiger partial charge < -0.3 is 25.2 Å². The van der Waals surface area contributed by atoms with Crippen molar-refractivity contribution in [2.45, 2.75) is 105 Å². The third-order valence-electron chi connectivity index (χ3n) is 8.48. The summed E-state index contributed by atoms with van der Waals surface area (Å²) in [6.07, 6.45) is 12.4. The molecule has 1 aromatic heterocycles. The number of aliphatic hydroxyl groups is 2. The van der Waals surface area contributed by atoms with Crippen LogP contribution in [0.25, 0.3) is 0 Å². The molecule has 9 nitrogen and oxygen atoms in total. The Morgan fingerprint density at radius 1 is 1.24 bits per heavy atom. The molecule has 1 aliphatic carbocycles. The van der Waals surface area contributed by atoms with Gasteiger partial charge in [-0.2, -0.15) is 0 Å². The number of ether oxygens (including phenoxy) is 1. The number of aryl methyl sites for hydroxylation is 1. The Morgan fingerprint density at radius 3 is 2.52 bits per heavy atom. The minimum Gasteiger partial charge on any atom is -0.507 e. The molecule has 0 aliphatic heterocycles. The van der Waals surface area contributed by atoms with E-state index in [-0.39, 0.29) is 41.8 Å². The van der Waals surface area contributed by atoms with Crippen LogP contribution in [0.5, 0.6) is 11.5 Å². The van der Waals surface area contributed by atoms with E-state index in [0.29, 0.717) is 42.4 Å². The number of carbonyl (C=O) groups is 1. The van der Waals surface area contributed by atoms with Crippen LogP contribution in [-0.2, 0) is 19.4 Å². The number of carboxylic acids is 1. The highest BCUT2D eigenvalue weighted by molar-refractivity contribution is 5.94. The number of carboxylic acid groups (broad SMARTS) is 1. The first-order valence-corrected chi connectivity index (χ1v) is 16.5. The molecular formula is C37H57N3O6. The molecule has 0 spiro atoms. The second kappa shape index (κ2) is 18.6. The average Bonchev–Trinajstić information content (AvgIpc) is 3.40. The molecule has 0 saturated heterocycles. The van der Waals surface area contributed by atoms with Crippen molar-refractivity contribution in [3.05, 3.63) is 71.1 Å². The fraction of sp³-hybridized carbons (Fsp3) is 0.595. The number of rotatable bonds is 17. The summed E-state index contributed by atoms with van der Waals surface area (Å²) in [5.74, 6) is -0.528. The van der Waals surface area contributed by atoms with Crippen molar-refractivity contribution in [3.8, 4) is 11.5 Å². The van der Waals surface area contributed by atoms with Gasteiger partial charge >= 0.3 is 5.97 Å². The van der Waals surface area contributed by atoms with Gasteiger partial charge in [-0.05, 0) is 87.7 Å². The van der Waals surface area contributed by atoms with E-state index in [1.165, 1.54) is 5.57 Å². The van der Waals surface area contributed by atoms with Gasteiger partial charge in [-0.15, -0.1) is 11.7 Å². The van der Waals surface area contributed by atoms with E-state index < -0.39 is 5.97 Å². The number of benzene rings is 1. The molecule has 0 bridgehead atoms. The molecule has 0 saturated carbocycles. The fourth-order valence-electron chi connectivity index (χ4n) is 6.05. The van der Waals surface area contributed by atoms with Crippen LogP contribution in [0.1, 0.15) is 113 Å². The van der Waals surface area contributed by atoms with Crippen LogP contribution in [0.3, 0.4) is 0 Å². The van der Waals surface area contributed by atoms with E-state index in [9.17, 15) is 20.1 Å². The Hall–Kier alpha value is -3.43. The third-order valence-corrected chi connectivity index (χ3v) is 8.48. The van der Waals surface area contributed by atoms with E-state index >= 15 is 0 Å². The van der Waals surface area contributed by atoms with Crippen molar-refractivity contribution in [1.29, 1.82) is 0 Å². The first-order chi connectivity index (χ1) is 21.7. The maximum atomic E-state index is 12.4. The fourth-order valence-corrected chi connectivity index (χ4v) is 6.05. The van der Waals surface area contributed by atoms with Crippen molar-refractivity contribution in [1.82, 2.24) is 15.0 Å². The van der Waals surface area contributed by atoms with Crippen molar-refractivity contribution in [3.63, 3.8) is 0 Å². The molecule has 1 heterocycles. The Bertz CT molecular complexity index is 1330. The zero-order chi connectivity index (χ0) is 34.4. The lowest BCUT2D eigenvalue weighted by atomic mass is 9.73. The SMILES string of the molecule is C=CCn1cc(CC(C)(C)CCCCc2cc(OCCO)c(C3C=C(C)CCC3C(=C)C)c(O)c2C(=O)O)nn1.CC(C)CCO. The van der Waals surface area contributed by atoms with E-state index in [1.54, 1.807) is 16.8 Å². The molecule has 1 aromatic carbocycles. The molecule has 0 radical (unpaired) electrons. The van der Waals surface area contributed by atoms with Crippen LogP contribution >= 0.6 is 0 Å². The summed E-state index contributed by atoms with van der Waals surface area (Å²) < 4.78 is 7.69. The predicted molar refractivity (Wildman–Crippen MR) is 183 cm³/mol. The molecule has 9 heteroatoms. The quantitative estimate of drug-likeness (QED) is 0.105. The Morgan fingerprint density at radius 2 is 1.96 bits per heavy atom. The number of aliphatic hydroxyl groups excluding tert-OH is 2. The first kappa shape index (κ1) is 38.8. The lowest BCUT2D eigenvalue weighted by molar-refractivity contribution is 0.0691. The summed E-state index contributed by atoms with van der Waals surface area (Å²) in [6.45, 7) is 21.3. The van der Waals surface area contributed by atoms with Gasteiger partial charge in [0.05, 0.1) is 18.8 Å². The smallest absolute Gasteiger partial charge is 0.339 e. The highest BCUT2D eigenvalue weighted by Crippen LogP contribution is 2.48. The van der Waals surface area contributed by atoms with Crippen LogP contribution in [0.2, 0.25) is 0 Å². The number of aromatic carboxylic acids is 1. The van der Waals surface area contributed by atoms with Crippen LogP contribution in [0.15, 0.2) is 48.7 Å². The molecule has 1 aliphatic rings. The second-order valence-electron chi connectivity index (χ2n) is 13.8. The lowest BCUT2D eigenvalue weighted by Crippen LogP contribution is -2.20. The van der Waals surface area contributed by atoms with Gasteiger partial charge in [0, 0.05) is 24.3 Å². The normalized spacial score (nSPS) is 16.4. The monoisotopic (exact) mass is 639 g/mol. The third kappa shape index (κ3) is 11.7. The largest absolute Gasteiger partial charge is 0.507 e. The number of nitrogens with zero attached hydrogens (tertiary/aromatic N) is 3. The Labute approximate surface area is 275 Å². The summed E-state index contributed by atoms with van der Waals surface area (Å²) in [7, 11) is 0. The van der Waals surface area contributed by atoms with Crippen LogP contribution in [0, 0.1) is 17.3 Å².